The van der Waals surface area contributed by atoms with Gasteiger partial charge in [0.05, 0.1) is 6.61 Å². The van der Waals surface area contributed by atoms with E-state index < -0.39 is 0 Å². The summed E-state index contributed by atoms with van der Waals surface area (Å²) >= 11 is 0. The Morgan fingerprint density at radius 1 is 1.24 bits per heavy atom. The molecule has 0 amide bonds. The lowest BCUT2D eigenvalue weighted by molar-refractivity contribution is 0.187. The lowest BCUT2D eigenvalue weighted by atomic mass is 9.96. The molecule has 0 radical (unpaired) electrons. The molecule has 2 heterocycles. The van der Waals surface area contributed by atoms with Gasteiger partial charge in [0.1, 0.15) is 17.5 Å². The van der Waals surface area contributed by atoms with Crippen LogP contribution in [0, 0.1) is 5.92 Å². The highest BCUT2D eigenvalue weighted by molar-refractivity contribution is 5.48. The van der Waals surface area contributed by atoms with Crippen LogP contribution < -0.4 is 10.6 Å². The number of aromatic nitrogens is 2. The van der Waals surface area contributed by atoms with Crippen molar-refractivity contribution in [1.29, 1.82) is 0 Å². The summed E-state index contributed by atoms with van der Waals surface area (Å²) in [5.74, 6) is 3.27. The summed E-state index contributed by atoms with van der Waals surface area (Å²) < 4.78 is 5.42. The summed E-state index contributed by atoms with van der Waals surface area (Å²) in [4.78, 5) is 9.31. The van der Waals surface area contributed by atoms with Crippen LogP contribution in [0.1, 0.15) is 46.4 Å². The van der Waals surface area contributed by atoms with Crippen molar-refractivity contribution in [3.05, 3.63) is 11.9 Å². The van der Waals surface area contributed by atoms with Gasteiger partial charge in [0, 0.05) is 37.1 Å². The first-order chi connectivity index (χ1) is 9.99. The third-order valence-electron chi connectivity index (χ3n) is 3.55. The molecule has 118 valence electrons. The highest BCUT2D eigenvalue weighted by Gasteiger charge is 2.20. The maximum Gasteiger partial charge on any atom is 0.138 e. The Labute approximate surface area is 127 Å². The van der Waals surface area contributed by atoms with Crippen LogP contribution in [-0.4, -0.2) is 36.3 Å². The van der Waals surface area contributed by atoms with Crippen molar-refractivity contribution < 1.29 is 4.74 Å². The standard InChI is InChI=1S/C16H28N4O/c1-5-7-17-13-9-14(18-10-12-6-8-21-11-12)20-15(19-13)16(2,3)4/h9,12H,5-8,10-11H2,1-4H3,(H2,17,18,19,20). The Morgan fingerprint density at radius 3 is 2.52 bits per heavy atom. The second-order valence-electron chi connectivity index (χ2n) is 6.75. The lowest BCUT2D eigenvalue weighted by Gasteiger charge is -2.20. The molecule has 2 N–H and O–H groups in total. The Bertz CT molecular complexity index is 450. The molecule has 1 saturated heterocycles. The summed E-state index contributed by atoms with van der Waals surface area (Å²) in [5.41, 5.74) is -0.0587. The molecule has 1 aliphatic rings. The Morgan fingerprint density at radius 2 is 1.95 bits per heavy atom. The molecular formula is C16H28N4O. The normalized spacial score (nSPS) is 18.8. The van der Waals surface area contributed by atoms with Crippen molar-refractivity contribution in [1.82, 2.24) is 9.97 Å². The molecular weight excluding hydrogens is 264 g/mol. The van der Waals surface area contributed by atoms with Crippen LogP contribution in [0.5, 0.6) is 0 Å². The minimum absolute atomic E-state index is 0.0587. The zero-order valence-electron chi connectivity index (χ0n) is 13.7. The van der Waals surface area contributed by atoms with Gasteiger partial charge in [-0.25, -0.2) is 9.97 Å². The van der Waals surface area contributed by atoms with Gasteiger partial charge in [-0.1, -0.05) is 27.7 Å². The van der Waals surface area contributed by atoms with E-state index in [9.17, 15) is 0 Å². The van der Waals surface area contributed by atoms with Gasteiger partial charge in [-0.2, -0.15) is 0 Å². The Hall–Kier alpha value is -1.36. The maximum atomic E-state index is 5.42. The Kier molecular flexibility index (Phi) is 5.39. The highest BCUT2D eigenvalue weighted by atomic mass is 16.5. The van der Waals surface area contributed by atoms with Crippen molar-refractivity contribution in [2.75, 3.05) is 36.9 Å². The number of nitrogens with zero attached hydrogens (tertiary/aromatic N) is 2. The van der Waals surface area contributed by atoms with Crippen molar-refractivity contribution in [2.45, 2.75) is 46.0 Å². The van der Waals surface area contributed by atoms with Gasteiger partial charge in [-0.05, 0) is 12.8 Å². The molecule has 0 bridgehead atoms. The van der Waals surface area contributed by atoms with Crippen LogP contribution in [0.2, 0.25) is 0 Å². The summed E-state index contributed by atoms with van der Waals surface area (Å²) in [7, 11) is 0. The molecule has 5 nitrogen and oxygen atoms in total. The topological polar surface area (TPSA) is 59.1 Å². The van der Waals surface area contributed by atoms with E-state index >= 15 is 0 Å². The molecule has 1 aromatic rings. The first-order valence-corrected chi connectivity index (χ1v) is 7.94. The molecule has 1 aliphatic heterocycles. The Balaban J connectivity index is 2.09. The van der Waals surface area contributed by atoms with Gasteiger partial charge in [0.25, 0.3) is 0 Å². The maximum absolute atomic E-state index is 5.42. The minimum atomic E-state index is -0.0587. The fourth-order valence-corrected chi connectivity index (χ4v) is 2.21. The van der Waals surface area contributed by atoms with Gasteiger partial charge in [-0.3, -0.25) is 0 Å². The predicted molar refractivity (Wildman–Crippen MR) is 86.9 cm³/mol. The molecule has 0 saturated carbocycles. The molecule has 0 aromatic carbocycles. The van der Waals surface area contributed by atoms with Crippen LogP contribution in [0.25, 0.3) is 0 Å². The van der Waals surface area contributed by atoms with Gasteiger partial charge in [0.2, 0.25) is 0 Å². The molecule has 0 spiro atoms. The molecule has 1 fully saturated rings. The molecule has 21 heavy (non-hydrogen) atoms. The molecule has 5 heteroatoms. The first-order valence-electron chi connectivity index (χ1n) is 7.94. The highest BCUT2D eigenvalue weighted by Crippen LogP contribution is 2.23. The van der Waals surface area contributed by atoms with E-state index in [4.69, 9.17) is 4.74 Å². The van der Waals surface area contributed by atoms with Gasteiger partial charge >= 0.3 is 0 Å². The van der Waals surface area contributed by atoms with E-state index in [-0.39, 0.29) is 5.41 Å². The SMILES string of the molecule is CCCNc1cc(NCC2CCOC2)nc(C(C)(C)C)n1. The second-order valence-corrected chi connectivity index (χ2v) is 6.75. The molecule has 1 atom stereocenters. The van der Waals surface area contributed by atoms with Crippen LogP contribution in [0.4, 0.5) is 11.6 Å². The van der Waals surface area contributed by atoms with E-state index in [0.29, 0.717) is 5.92 Å². The summed E-state index contributed by atoms with van der Waals surface area (Å²) in [5, 5.41) is 6.80. The number of hydrogen-bond donors (Lipinski definition) is 2. The fraction of sp³-hybridized carbons (Fsp3) is 0.750. The molecule has 2 rings (SSSR count). The minimum Gasteiger partial charge on any atom is -0.381 e. The lowest BCUT2D eigenvalue weighted by Crippen LogP contribution is -2.20. The van der Waals surface area contributed by atoms with Crippen LogP contribution in [0.15, 0.2) is 6.07 Å². The number of rotatable bonds is 6. The third kappa shape index (κ3) is 4.84. The van der Waals surface area contributed by atoms with Gasteiger partial charge in [0.15, 0.2) is 0 Å². The number of anilines is 2. The van der Waals surface area contributed by atoms with Gasteiger partial charge in [-0.15, -0.1) is 0 Å². The van der Waals surface area contributed by atoms with Crippen LogP contribution >= 0.6 is 0 Å². The number of hydrogen-bond acceptors (Lipinski definition) is 5. The monoisotopic (exact) mass is 292 g/mol. The largest absolute Gasteiger partial charge is 0.381 e. The summed E-state index contributed by atoms with van der Waals surface area (Å²) in [6.45, 7) is 12.1. The van der Waals surface area contributed by atoms with E-state index in [1.54, 1.807) is 0 Å². The zero-order chi connectivity index (χ0) is 15.3. The summed E-state index contributed by atoms with van der Waals surface area (Å²) in [6, 6.07) is 2.00. The van der Waals surface area contributed by atoms with E-state index in [1.165, 1.54) is 0 Å². The van der Waals surface area contributed by atoms with Crippen LogP contribution in [-0.2, 0) is 10.2 Å². The average molecular weight is 292 g/mol. The zero-order valence-corrected chi connectivity index (χ0v) is 13.7. The van der Waals surface area contributed by atoms with Crippen molar-refractivity contribution in [3.63, 3.8) is 0 Å². The third-order valence-corrected chi connectivity index (χ3v) is 3.55. The molecule has 1 unspecified atom stereocenters. The number of ether oxygens (including phenoxy) is 1. The van der Waals surface area contributed by atoms with E-state index in [1.807, 2.05) is 6.07 Å². The fourth-order valence-electron chi connectivity index (χ4n) is 2.21. The predicted octanol–water partition coefficient (Wildman–Crippen LogP) is 3.04. The van der Waals surface area contributed by atoms with Crippen LogP contribution in [0.3, 0.4) is 0 Å². The molecule has 0 aliphatic carbocycles. The summed E-state index contributed by atoms with van der Waals surface area (Å²) in [6.07, 6.45) is 2.21. The smallest absolute Gasteiger partial charge is 0.138 e. The van der Waals surface area contributed by atoms with E-state index in [0.717, 1.165) is 56.6 Å². The first kappa shape index (κ1) is 16.0. The van der Waals surface area contributed by atoms with Crippen molar-refractivity contribution >= 4 is 11.6 Å². The van der Waals surface area contributed by atoms with E-state index in [2.05, 4.69) is 48.3 Å². The molecule has 1 aromatic heterocycles. The van der Waals surface area contributed by atoms with Crippen molar-refractivity contribution in [2.24, 2.45) is 5.92 Å². The second kappa shape index (κ2) is 7.07. The van der Waals surface area contributed by atoms with Crippen molar-refractivity contribution in [3.8, 4) is 0 Å². The average Bonchev–Trinajstić information content (AvgIpc) is 2.95. The quantitative estimate of drug-likeness (QED) is 0.844. The number of nitrogens with one attached hydrogen (secondary N) is 2. The van der Waals surface area contributed by atoms with Gasteiger partial charge < -0.3 is 15.4 Å².